The molecule has 0 amide bonds. The van der Waals surface area contributed by atoms with Crippen molar-refractivity contribution >= 4 is 18.5 Å². The molecule has 0 saturated carbocycles. The van der Waals surface area contributed by atoms with E-state index in [0.717, 1.165) is 16.4 Å². The van der Waals surface area contributed by atoms with Gasteiger partial charge in [0.05, 0.1) is 6.54 Å². The second kappa shape index (κ2) is 14.5. The molecular formula is C29H40N2S. The molecule has 0 aliphatic rings. The lowest BCUT2D eigenvalue weighted by Crippen LogP contribution is -2.27. The molecule has 0 saturated heterocycles. The number of hydrogen-bond donors (Lipinski definition) is 2. The average molecular weight is 449 g/mol. The second-order valence-corrected chi connectivity index (χ2v) is 9.00. The highest BCUT2D eigenvalue weighted by Gasteiger charge is 2.12. The van der Waals surface area contributed by atoms with E-state index < -0.39 is 0 Å². The van der Waals surface area contributed by atoms with Crippen molar-refractivity contribution in [1.82, 2.24) is 5.32 Å². The Morgan fingerprint density at radius 1 is 1.09 bits per heavy atom. The standard InChI is InChI=1S/C21H30N2.C8H10S/c1-7-11-19(14-16(2)3)15-22-21(23-17(4)5)18(6)20-12-9-8-10-13-20;1-6-3-4-7(2)8(9)5-6/h7-14,16,18H,4,15H2,1-3,5-6H3,(H,22,23);3-5,9H,1-2H3/b11-7-,19-14+;. The van der Waals surface area contributed by atoms with Gasteiger partial charge < -0.3 is 5.32 Å². The fourth-order valence-electron chi connectivity index (χ4n) is 3.10. The molecule has 2 aromatic rings. The zero-order valence-electron chi connectivity index (χ0n) is 20.8. The van der Waals surface area contributed by atoms with Crippen LogP contribution in [0.3, 0.4) is 0 Å². The normalized spacial score (nSPS) is 13.0. The number of aliphatic imine (C=N–C) groups is 1. The Balaban J connectivity index is 0.000000471. The van der Waals surface area contributed by atoms with Crippen molar-refractivity contribution in [2.24, 2.45) is 10.9 Å². The van der Waals surface area contributed by atoms with E-state index in [4.69, 9.17) is 4.99 Å². The third-order valence-corrected chi connectivity index (χ3v) is 5.26. The summed E-state index contributed by atoms with van der Waals surface area (Å²) in [5.41, 5.74) is 5.91. The summed E-state index contributed by atoms with van der Waals surface area (Å²) in [5.74, 6) is 1.68. The number of thiol groups is 1. The first-order chi connectivity index (χ1) is 15.1. The molecule has 0 bridgehead atoms. The van der Waals surface area contributed by atoms with Gasteiger partial charge in [0.2, 0.25) is 0 Å². The minimum atomic E-state index is 0.207. The van der Waals surface area contributed by atoms with Gasteiger partial charge in [-0.1, -0.05) is 93.6 Å². The fraction of sp³-hybridized carbons (Fsp3) is 0.345. The third-order valence-electron chi connectivity index (χ3n) is 4.78. The monoisotopic (exact) mass is 448 g/mol. The van der Waals surface area contributed by atoms with E-state index in [9.17, 15) is 0 Å². The van der Waals surface area contributed by atoms with Crippen LogP contribution in [0.2, 0.25) is 0 Å². The highest BCUT2D eigenvalue weighted by molar-refractivity contribution is 7.80. The molecule has 0 aromatic heterocycles. The van der Waals surface area contributed by atoms with Crippen LogP contribution in [0.25, 0.3) is 0 Å². The lowest BCUT2D eigenvalue weighted by atomic mass is 9.99. The summed E-state index contributed by atoms with van der Waals surface area (Å²) in [4.78, 5) is 5.92. The maximum atomic E-state index is 4.84. The molecule has 0 aliphatic heterocycles. The Morgan fingerprint density at radius 3 is 2.25 bits per heavy atom. The molecule has 0 spiro atoms. The van der Waals surface area contributed by atoms with Gasteiger partial charge in [0.15, 0.2) is 0 Å². The van der Waals surface area contributed by atoms with E-state index in [0.29, 0.717) is 12.5 Å². The maximum Gasteiger partial charge on any atom is 0.108 e. The molecule has 2 nitrogen and oxygen atoms in total. The molecule has 1 atom stereocenters. The van der Waals surface area contributed by atoms with Crippen LogP contribution in [0.5, 0.6) is 0 Å². The summed E-state index contributed by atoms with van der Waals surface area (Å²) in [7, 11) is 0. The van der Waals surface area contributed by atoms with Gasteiger partial charge in [0.25, 0.3) is 0 Å². The zero-order valence-corrected chi connectivity index (χ0v) is 21.7. The number of amidine groups is 1. The fourth-order valence-corrected chi connectivity index (χ4v) is 3.38. The number of nitrogens with zero attached hydrogens (tertiary/aromatic N) is 1. The molecular weight excluding hydrogens is 408 g/mol. The summed E-state index contributed by atoms with van der Waals surface area (Å²) >= 11 is 4.27. The van der Waals surface area contributed by atoms with E-state index in [2.05, 4.69) is 120 Å². The molecule has 0 fully saturated rings. The molecule has 2 rings (SSSR count). The highest BCUT2D eigenvalue weighted by Crippen LogP contribution is 2.17. The van der Waals surface area contributed by atoms with E-state index in [1.807, 2.05) is 19.9 Å². The van der Waals surface area contributed by atoms with Crippen LogP contribution < -0.4 is 5.32 Å². The van der Waals surface area contributed by atoms with Crippen molar-refractivity contribution in [2.75, 3.05) is 6.54 Å². The summed E-state index contributed by atoms with van der Waals surface area (Å²) in [5, 5.41) is 3.33. The average Bonchev–Trinajstić information content (AvgIpc) is 2.74. The first-order valence-corrected chi connectivity index (χ1v) is 11.7. The van der Waals surface area contributed by atoms with Crippen LogP contribution in [-0.4, -0.2) is 12.4 Å². The van der Waals surface area contributed by atoms with Gasteiger partial charge >= 0.3 is 0 Å². The van der Waals surface area contributed by atoms with Crippen molar-refractivity contribution < 1.29 is 0 Å². The molecule has 0 aliphatic carbocycles. The first kappa shape index (κ1) is 27.5. The lowest BCUT2D eigenvalue weighted by Gasteiger charge is -2.18. The number of nitrogens with one attached hydrogen (secondary N) is 1. The molecule has 2 aromatic carbocycles. The number of benzene rings is 2. The predicted molar refractivity (Wildman–Crippen MR) is 146 cm³/mol. The highest BCUT2D eigenvalue weighted by atomic mass is 32.1. The van der Waals surface area contributed by atoms with Crippen molar-refractivity contribution in [3.8, 4) is 0 Å². The SMILES string of the molecule is C=C(C)NC(=NCC(/C=C\C)=C/C(C)C)C(C)c1ccccc1.Cc1ccc(C)c(S)c1. The van der Waals surface area contributed by atoms with E-state index >= 15 is 0 Å². The number of allylic oxidation sites excluding steroid dienone is 3. The minimum Gasteiger partial charge on any atom is -0.348 e. The largest absolute Gasteiger partial charge is 0.348 e. The lowest BCUT2D eigenvalue weighted by molar-refractivity contribution is 0.820. The molecule has 0 radical (unpaired) electrons. The number of hydrogen-bond acceptors (Lipinski definition) is 2. The third kappa shape index (κ3) is 10.7. The Labute approximate surface area is 201 Å². The molecule has 3 heteroatoms. The van der Waals surface area contributed by atoms with Crippen LogP contribution in [0, 0.1) is 19.8 Å². The second-order valence-electron chi connectivity index (χ2n) is 8.51. The Morgan fingerprint density at radius 2 is 1.75 bits per heavy atom. The van der Waals surface area contributed by atoms with Crippen LogP contribution in [-0.2, 0) is 0 Å². The molecule has 32 heavy (non-hydrogen) atoms. The number of aryl methyl sites for hydroxylation is 2. The van der Waals surface area contributed by atoms with Gasteiger partial charge in [0, 0.05) is 16.5 Å². The Bertz CT molecular complexity index is 937. The van der Waals surface area contributed by atoms with E-state index in [1.165, 1.54) is 22.3 Å². The quantitative estimate of drug-likeness (QED) is 0.190. The predicted octanol–water partition coefficient (Wildman–Crippen LogP) is 8.06. The van der Waals surface area contributed by atoms with Crippen LogP contribution in [0.15, 0.2) is 94.5 Å². The molecule has 1 N–H and O–H groups in total. The first-order valence-electron chi connectivity index (χ1n) is 11.3. The van der Waals surface area contributed by atoms with Gasteiger partial charge in [-0.3, -0.25) is 4.99 Å². The summed E-state index contributed by atoms with van der Waals surface area (Å²) in [6.07, 6.45) is 6.46. The van der Waals surface area contributed by atoms with Crippen LogP contribution in [0.4, 0.5) is 0 Å². The van der Waals surface area contributed by atoms with E-state index in [-0.39, 0.29) is 5.92 Å². The van der Waals surface area contributed by atoms with Crippen LogP contribution >= 0.6 is 12.6 Å². The van der Waals surface area contributed by atoms with Gasteiger partial charge in [-0.2, -0.15) is 0 Å². The van der Waals surface area contributed by atoms with Gasteiger partial charge in [-0.15, -0.1) is 12.6 Å². The summed E-state index contributed by atoms with van der Waals surface area (Å²) in [6, 6.07) is 16.7. The summed E-state index contributed by atoms with van der Waals surface area (Å²) < 4.78 is 0. The van der Waals surface area contributed by atoms with Crippen molar-refractivity contribution in [1.29, 1.82) is 0 Å². The van der Waals surface area contributed by atoms with Crippen molar-refractivity contribution in [3.63, 3.8) is 0 Å². The molecule has 0 heterocycles. The smallest absolute Gasteiger partial charge is 0.108 e. The molecule has 172 valence electrons. The topological polar surface area (TPSA) is 24.4 Å². The maximum absolute atomic E-state index is 4.84. The Kier molecular flexibility index (Phi) is 12.5. The number of rotatable bonds is 7. The van der Waals surface area contributed by atoms with Crippen LogP contribution in [0.1, 0.15) is 57.2 Å². The van der Waals surface area contributed by atoms with Crippen molar-refractivity contribution in [2.45, 2.75) is 59.3 Å². The minimum absolute atomic E-state index is 0.207. The van der Waals surface area contributed by atoms with Gasteiger partial charge in [-0.05, 0) is 56.4 Å². The van der Waals surface area contributed by atoms with E-state index in [1.54, 1.807) is 0 Å². The zero-order chi connectivity index (χ0) is 24.1. The van der Waals surface area contributed by atoms with Gasteiger partial charge in [0.1, 0.15) is 5.84 Å². The van der Waals surface area contributed by atoms with Gasteiger partial charge in [-0.25, -0.2) is 0 Å². The summed E-state index contributed by atoms with van der Waals surface area (Å²) in [6.45, 7) is 19.3. The van der Waals surface area contributed by atoms with Crippen molar-refractivity contribution in [3.05, 3.63) is 101 Å². The molecule has 1 unspecified atom stereocenters. The Hall–Kier alpha value is -2.52.